The molecule has 0 aromatic heterocycles. The topological polar surface area (TPSA) is 139 Å². The Morgan fingerprint density at radius 3 is 2.35 bits per heavy atom. The van der Waals surface area contributed by atoms with Gasteiger partial charge in [0.1, 0.15) is 6.04 Å². The molecule has 1 atom stereocenters. The number of carbonyl (C=O) groups is 4. The standard InChI is InChI=1S/C11H19N3O6/c1-14(6-5-9(16)20-2)11(19)13-7(10(17)18)3-4-8(12)15/h7H,3-6H2,1-2H3,(H2,12,15)(H,13,19)(H,17,18). The van der Waals surface area contributed by atoms with Crippen LogP contribution in [-0.2, 0) is 19.1 Å². The summed E-state index contributed by atoms with van der Waals surface area (Å²) in [5.41, 5.74) is 4.92. The third-order valence-corrected chi connectivity index (χ3v) is 2.50. The van der Waals surface area contributed by atoms with Crippen molar-refractivity contribution in [1.29, 1.82) is 0 Å². The smallest absolute Gasteiger partial charge is 0.326 e. The van der Waals surface area contributed by atoms with Gasteiger partial charge >= 0.3 is 18.0 Å². The normalized spacial score (nSPS) is 11.3. The van der Waals surface area contributed by atoms with Crippen molar-refractivity contribution < 1.29 is 29.0 Å². The van der Waals surface area contributed by atoms with Crippen LogP contribution in [0, 0.1) is 0 Å². The number of hydrogen-bond donors (Lipinski definition) is 3. The third-order valence-electron chi connectivity index (χ3n) is 2.50. The summed E-state index contributed by atoms with van der Waals surface area (Å²) in [6.45, 7) is 0.0840. The molecule has 3 amide bonds. The minimum atomic E-state index is -1.26. The van der Waals surface area contributed by atoms with Gasteiger partial charge in [0.25, 0.3) is 0 Å². The predicted octanol–water partition coefficient (Wildman–Crippen LogP) is -1.09. The highest BCUT2D eigenvalue weighted by atomic mass is 16.5. The molecule has 0 rings (SSSR count). The van der Waals surface area contributed by atoms with E-state index in [-0.39, 0.29) is 25.8 Å². The number of nitrogens with zero attached hydrogens (tertiary/aromatic N) is 1. The first-order chi connectivity index (χ1) is 9.27. The number of nitrogens with two attached hydrogens (primary N) is 1. The monoisotopic (exact) mass is 289 g/mol. The first kappa shape index (κ1) is 17.7. The van der Waals surface area contributed by atoms with E-state index in [9.17, 15) is 19.2 Å². The fourth-order valence-corrected chi connectivity index (χ4v) is 1.27. The SMILES string of the molecule is COC(=O)CCN(C)C(=O)NC(CCC(N)=O)C(=O)O. The van der Waals surface area contributed by atoms with Crippen molar-refractivity contribution in [3.8, 4) is 0 Å². The van der Waals surface area contributed by atoms with Crippen LogP contribution >= 0.6 is 0 Å². The van der Waals surface area contributed by atoms with Gasteiger partial charge in [-0.25, -0.2) is 9.59 Å². The van der Waals surface area contributed by atoms with Gasteiger partial charge in [0.2, 0.25) is 5.91 Å². The third kappa shape index (κ3) is 7.19. The van der Waals surface area contributed by atoms with Gasteiger partial charge in [-0.1, -0.05) is 0 Å². The maximum Gasteiger partial charge on any atom is 0.326 e. The van der Waals surface area contributed by atoms with Gasteiger partial charge in [-0.2, -0.15) is 0 Å². The molecule has 0 saturated carbocycles. The van der Waals surface area contributed by atoms with Crippen LogP contribution in [-0.4, -0.2) is 60.6 Å². The second-order valence-corrected chi connectivity index (χ2v) is 4.09. The van der Waals surface area contributed by atoms with Crippen LogP contribution in [0.15, 0.2) is 0 Å². The highest BCUT2D eigenvalue weighted by Crippen LogP contribution is 1.99. The molecule has 0 saturated heterocycles. The Morgan fingerprint density at radius 1 is 1.30 bits per heavy atom. The lowest BCUT2D eigenvalue weighted by Gasteiger charge is -2.20. The van der Waals surface area contributed by atoms with Crippen LogP contribution in [0.1, 0.15) is 19.3 Å². The predicted molar refractivity (Wildman–Crippen MR) is 67.6 cm³/mol. The maximum absolute atomic E-state index is 11.7. The average molecular weight is 289 g/mol. The molecule has 9 heteroatoms. The molecule has 4 N–H and O–H groups in total. The van der Waals surface area contributed by atoms with Crippen molar-refractivity contribution >= 4 is 23.9 Å². The van der Waals surface area contributed by atoms with Crippen molar-refractivity contribution in [1.82, 2.24) is 10.2 Å². The van der Waals surface area contributed by atoms with Gasteiger partial charge in [0, 0.05) is 20.0 Å². The molecule has 0 bridgehead atoms. The van der Waals surface area contributed by atoms with Gasteiger partial charge in [-0.05, 0) is 6.42 Å². The molecule has 0 aromatic carbocycles. The largest absolute Gasteiger partial charge is 0.480 e. The maximum atomic E-state index is 11.7. The van der Waals surface area contributed by atoms with E-state index in [2.05, 4.69) is 10.1 Å². The lowest BCUT2D eigenvalue weighted by molar-refractivity contribution is -0.141. The highest BCUT2D eigenvalue weighted by Gasteiger charge is 2.22. The van der Waals surface area contributed by atoms with Crippen LogP contribution in [0.2, 0.25) is 0 Å². The van der Waals surface area contributed by atoms with Gasteiger partial charge < -0.3 is 25.8 Å². The van der Waals surface area contributed by atoms with Crippen molar-refractivity contribution in [3.05, 3.63) is 0 Å². The number of esters is 1. The average Bonchev–Trinajstić information content (AvgIpc) is 2.39. The zero-order valence-corrected chi connectivity index (χ0v) is 11.4. The van der Waals surface area contributed by atoms with Crippen molar-refractivity contribution in [2.45, 2.75) is 25.3 Å². The molecular weight excluding hydrogens is 270 g/mol. The number of carbonyl (C=O) groups excluding carboxylic acids is 3. The van der Waals surface area contributed by atoms with Crippen LogP contribution in [0.3, 0.4) is 0 Å². The first-order valence-electron chi connectivity index (χ1n) is 5.87. The number of carboxylic acid groups (broad SMARTS) is 1. The summed E-state index contributed by atoms with van der Waals surface area (Å²) in [5, 5.41) is 11.2. The second-order valence-electron chi connectivity index (χ2n) is 4.09. The van der Waals surface area contributed by atoms with Crippen LogP contribution < -0.4 is 11.1 Å². The Kier molecular flexibility index (Phi) is 7.71. The summed E-state index contributed by atoms with van der Waals surface area (Å²) in [6.07, 6.45) is -0.246. The molecule has 0 aliphatic rings. The van der Waals surface area contributed by atoms with E-state index < -0.39 is 29.9 Å². The Morgan fingerprint density at radius 2 is 1.90 bits per heavy atom. The highest BCUT2D eigenvalue weighted by molar-refractivity contribution is 5.83. The number of carboxylic acids is 1. The number of nitrogens with one attached hydrogen (secondary N) is 1. The van der Waals surface area contributed by atoms with Crippen LogP contribution in [0.25, 0.3) is 0 Å². The molecule has 0 spiro atoms. The second kappa shape index (κ2) is 8.73. The molecule has 9 nitrogen and oxygen atoms in total. The summed E-state index contributed by atoms with van der Waals surface area (Å²) in [4.78, 5) is 45.3. The molecular formula is C11H19N3O6. The Labute approximate surface area is 116 Å². The van der Waals surface area contributed by atoms with E-state index in [0.29, 0.717) is 0 Å². The number of urea groups is 1. The molecule has 0 aromatic rings. The molecule has 0 heterocycles. The van der Waals surface area contributed by atoms with E-state index >= 15 is 0 Å². The van der Waals surface area contributed by atoms with E-state index in [1.54, 1.807) is 0 Å². The molecule has 0 fully saturated rings. The lowest BCUT2D eigenvalue weighted by atomic mass is 10.1. The Hall–Kier alpha value is -2.32. The number of amides is 3. The van der Waals surface area contributed by atoms with Gasteiger partial charge in [-0.3, -0.25) is 9.59 Å². The van der Waals surface area contributed by atoms with E-state index in [1.807, 2.05) is 0 Å². The van der Waals surface area contributed by atoms with Gasteiger partial charge in [0.15, 0.2) is 0 Å². The summed E-state index contributed by atoms with van der Waals surface area (Å²) in [5.74, 6) is -2.39. The summed E-state index contributed by atoms with van der Waals surface area (Å²) >= 11 is 0. The molecule has 114 valence electrons. The van der Waals surface area contributed by atoms with Gasteiger partial charge in [0.05, 0.1) is 13.5 Å². The van der Waals surface area contributed by atoms with Gasteiger partial charge in [-0.15, -0.1) is 0 Å². The number of rotatable bonds is 8. The van der Waals surface area contributed by atoms with E-state index in [4.69, 9.17) is 10.8 Å². The van der Waals surface area contributed by atoms with E-state index in [0.717, 1.165) is 4.90 Å². The van der Waals surface area contributed by atoms with E-state index in [1.165, 1.54) is 14.2 Å². The zero-order valence-electron chi connectivity index (χ0n) is 11.4. The fraction of sp³-hybridized carbons (Fsp3) is 0.636. The Balaban J connectivity index is 4.33. The lowest BCUT2D eigenvalue weighted by Crippen LogP contribution is -2.47. The van der Waals surface area contributed by atoms with Crippen molar-refractivity contribution in [3.63, 3.8) is 0 Å². The quantitative estimate of drug-likeness (QED) is 0.485. The fourth-order valence-electron chi connectivity index (χ4n) is 1.27. The molecule has 0 radical (unpaired) electrons. The van der Waals surface area contributed by atoms with Crippen molar-refractivity contribution in [2.24, 2.45) is 5.73 Å². The molecule has 1 unspecified atom stereocenters. The summed E-state index contributed by atoms with van der Waals surface area (Å²) < 4.78 is 4.42. The number of primary amides is 1. The first-order valence-corrected chi connectivity index (χ1v) is 5.87. The summed E-state index contributed by atoms with van der Waals surface area (Å²) in [7, 11) is 2.64. The minimum absolute atomic E-state index is 0.000552. The number of hydrogen-bond acceptors (Lipinski definition) is 5. The van der Waals surface area contributed by atoms with Crippen molar-refractivity contribution in [2.75, 3.05) is 20.7 Å². The molecule has 0 aliphatic carbocycles. The Bertz CT molecular complexity index is 384. The summed E-state index contributed by atoms with van der Waals surface area (Å²) in [6, 6.07) is -1.87. The molecule has 20 heavy (non-hydrogen) atoms. The van der Waals surface area contributed by atoms with Crippen LogP contribution in [0.4, 0.5) is 4.79 Å². The minimum Gasteiger partial charge on any atom is -0.480 e. The molecule has 0 aliphatic heterocycles. The van der Waals surface area contributed by atoms with Crippen LogP contribution in [0.5, 0.6) is 0 Å². The number of ether oxygens (including phenoxy) is 1. The number of methoxy groups -OCH3 is 1. The number of aliphatic carboxylic acids is 1. The zero-order chi connectivity index (χ0) is 15.7.